The molecule has 0 aliphatic heterocycles. The predicted octanol–water partition coefficient (Wildman–Crippen LogP) is 3.90. The highest BCUT2D eigenvalue weighted by atomic mass is 35.5. The second-order valence-electron chi connectivity index (χ2n) is 6.32. The molecule has 1 amide bonds. The Morgan fingerprint density at radius 1 is 1.07 bits per heavy atom. The first kappa shape index (κ1) is 18.0. The van der Waals surface area contributed by atoms with E-state index in [4.69, 9.17) is 11.6 Å². The molecule has 140 valence electrons. The van der Waals surface area contributed by atoms with E-state index in [-0.39, 0.29) is 5.91 Å². The van der Waals surface area contributed by atoms with Crippen LogP contribution in [0.2, 0.25) is 5.02 Å². The van der Waals surface area contributed by atoms with Gasteiger partial charge in [-0.1, -0.05) is 48.0 Å². The number of H-pyrrole nitrogens is 1. The molecule has 0 fully saturated rings. The van der Waals surface area contributed by atoms with Crippen molar-refractivity contribution in [1.82, 2.24) is 25.3 Å². The molecule has 2 heterocycles. The van der Waals surface area contributed by atoms with Gasteiger partial charge in [0.2, 0.25) is 0 Å². The van der Waals surface area contributed by atoms with Crippen LogP contribution in [0.1, 0.15) is 21.5 Å². The van der Waals surface area contributed by atoms with E-state index in [9.17, 15) is 4.79 Å². The Kier molecular flexibility index (Phi) is 5.21. The van der Waals surface area contributed by atoms with Gasteiger partial charge in [-0.3, -0.25) is 14.6 Å². The monoisotopic (exact) mass is 391 g/mol. The van der Waals surface area contributed by atoms with Crippen LogP contribution in [0.4, 0.5) is 0 Å². The van der Waals surface area contributed by atoms with Crippen molar-refractivity contribution in [3.63, 3.8) is 0 Å². The first-order valence-corrected chi connectivity index (χ1v) is 9.20. The molecule has 2 aromatic carbocycles. The Balaban J connectivity index is 1.49. The number of nitrogens with one attached hydrogen (secondary N) is 2. The fourth-order valence-electron chi connectivity index (χ4n) is 3.02. The zero-order valence-electron chi connectivity index (χ0n) is 15.0. The molecule has 4 rings (SSSR count). The fourth-order valence-corrected chi connectivity index (χ4v) is 3.14. The maximum atomic E-state index is 12.8. The number of carbonyl (C=O) groups is 1. The summed E-state index contributed by atoms with van der Waals surface area (Å²) in [7, 11) is 0. The lowest BCUT2D eigenvalue weighted by Gasteiger charge is -2.11. The minimum atomic E-state index is -0.187. The molecule has 0 aliphatic carbocycles. The predicted molar refractivity (Wildman–Crippen MR) is 108 cm³/mol. The molecule has 7 heteroatoms. The second kappa shape index (κ2) is 8.10. The van der Waals surface area contributed by atoms with Crippen molar-refractivity contribution in [2.75, 3.05) is 0 Å². The third-order valence-corrected chi connectivity index (χ3v) is 4.72. The number of amides is 1. The summed E-state index contributed by atoms with van der Waals surface area (Å²) in [4.78, 5) is 12.8. The minimum Gasteiger partial charge on any atom is -0.348 e. The van der Waals surface area contributed by atoms with Gasteiger partial charge >= 0.3 is 0 Å². The van der Waals surface area contributed by atoms with Crippen molar-refractivity contribution in [1.29, 1.82) is 0 Å². The third-order valence-electron chi connectivity index (χ3n) is 4.47. The summed E-state index contributed by atoms with van der Waals surface area (Å²) in [6.45, 7) is 1.07. The largest absolute Gasteiger partial charge is 0.348 e. The van der Waals surface area contributed by atoms with E-state index in [1.165, 1.54) is 6.20 Å². The molecule has 0 saturated heterocycles. The Bertz CT molecular complexity index is 1070. The van der Waals surface area contributed by atoms with Gasteiger partial charge in [-0.05, 0) is 29.3 Å². The number of aromatic nitrogens is 4. The molecule has 0 unspecified atom stereocenters. The standard InChI is InChI=1S/C21H18ClN5O/c22-18-8-6-15(7-9-18)20-19(13-24-26-20)21(28)23-12-16-4-1-2-5-17(16)14-27-11-3-10-25-27/h1-11,13H,12,14H2,(H,23,28)(H,24,26). The topological polar surface area (TPSA) is 75.6 Å². The lowest BCUT2D eigenvalue weighted by atomic mass is 10.1. The summed E-state index contributed by atoms with van der Waals surface area (Å²) in [5.41, 5.74) is 4.16. The molecule has 4 aromatic rings. The van der Waals surface area contributed by atoms with Gasteiger partial charge in [0.1, 0.15) is 0 Å². The highest BCUT2D eigenvalue weighted by Crippen LogP contribution is 2.23. The number of benzene rings is 2. The molecule has 0 spiro atoms. The highest BCUT2D eigenvalue weighted by Gasteiger charge is 2.15. The molecule has 0 saturated carbocycles. The Morgan fingerprint density at radius 3 is 2.61 bits per heavy atom. The number of hydrogen-bond donors (Lipinski definition) is 2. The normalized spacial score (nSPS) is 10.8. The number of aromatic amines is 1. The highest BCUT2D eigenvalue weighted by molar-refractivity contribution is 6.30. The first-order chi connectivity index (χ1) is 13.7. The van der Waals surface area contributed by atoms with Crippen LogP contribution in [0, 0.1) is 0 Å². The van der Waals surface area contributed by atoms with Gasteiger partial charge in [0.05, 0.1) is 24.0 Å². The quantitative estimate of drug-likeness (QED) is 0.523. The Morgan fingerprint density at radius 2 is 1.86 bits per heavy atom. The van der Waals surface area contributed by atoms with Crippen LogP contribution >= 0.6 is 11.6 Å². The molecule has 0 aliphatic rings. The van der Waals surface area contributed by atoms with Crippen molar-refractivity contribution in [2.24, 2.45) is 0 Å². The fraction of sp³-hybridized carbons (Fsp3) is 0.0952. The van der Waals surface area contributed by atoms with Crippen LogP contribution < -0.4 is 5.32 Å². The van der Waals surface area contributed by atoms with E-state index in [0.717, 1.165) is 16.7 Å². The minimum absolute atomic E-state index is 0.187. The van der Waals surface area contributed by atoms with Crippen molar-refractivity contribution >= 4 is 17.5 Å². The molecular formula is C21H18ClN5O. The SMILES string of the molecule is O=C(NCc1ccccc1Cn1cccn1)c1cn[nH]c1-c1ccc(Cl)cc1. The van der Waals surface area contributed by atoms with Crippen LogP contribution in [0.25, 0.3) is 11.3 Å². The van der Waals surface area contributed by atoms with Crippen molar-refractivity contribution in [3.8, 4) is 11.3 Å². The zero-order valence-corrected chi connectivity index (χ0v) is 15.7. The van der Waals surface area contributed by atoms with E-state index in [2.05, 4.69) is 20.6 Å². The van der Waals surface area contributed by atoms with Gasteiger partial charge in [0.15, 0.2) is 0 Å². The summed E-state index contributed by atoms with van der Waals surface area (Å²) in [6, 6.07) is 17.2. The van der Waals surface area contributed by atoms with Crippen molar-refractivity contribution < 1.29 is 4.79 Å². The van der Waals surface area contributed by atoms with E-state index >= 15 is 0 Å². The summed E-state index contributed by atoms with van der Waals surface area (Å²) >= 11 is 5.95. The molecule has 2 N–H and O–H groups in total. The molecule has 0 atom stereocenters. The second-order valence-corrected chi connectivity index (χ2v) is 6.76. The van der Waals surface area contributed by atoms with Crippen LogP contribution in [-0.2, 0) is 13.1 Å². The number of nitrogens with zero attached hydrogens (tertiary/aromatic N) is 3. The Labute approximate surface area is 167 Å². The smallest absolute Gasteiger partial charge is 0.255 e. The van der Waals surface area contributed by atoms with Gasteiger partial charge in [0, 0.05) is 29.5 Å². The Hall–Kier alpha value is -3.38. The van der Waals surface area contributed by atoms with E-state index in [1.54, 1.807) is 18.3 Å². The van der Waals surface area contributed by atoms with Crippen molar-refractivity contribution in [2.45, 2.75) is 13.1 Å². The lowest BCUT2D eigenvalue weighted by Crippen LogP contribution is -2.23. The zero-order chi connectivity index (χ0) is 19.3. The van der Waals surface area contributed by atoms with Crippen LogP contribution in [0.15, 0.2) is 73.2 Å². The van der Waals surface area contributed by atoms with Crippen LogP contribution in [-0.4, -0.2) is 25.9 Å². The van der Waals surface area contributed by atoms with E-state index in [1.807, 2.05) is 53.3 Å². The number of hydrogen-bond acceptors (Lipinski definition) is 3. The van der Waals surface area contributed by atoms with Gasteiger partial charge in [-0.15, -0.1) is 0 Å². The van der Waals surface area contributed by atoms with Crippen LogP contribution in [0.3, 0.4) is 0 Å². The maximum Gasteiger partial charge on any atom is 0.255 e. The maximum absolute atomic E-state index is 12.8. The average molecular weight is 392 g/mol. The summed E-state index contributed by atoms with van der Waals surface area (Å²) in [6.07, 6.45) is 5.20. The molecule has 28 heavy (non-hydrogen) atoms. The summed E-state index contributed by atoms with van der Waals surface area (Å²) < 4.78 is 1.86. The molecular weight excluding hydrogens is 374 g/mol. The van der Waals surface area contributed by atoms with E-state index in [0.29, 0.717) is 29.4 Å². The number of halogens is 1. The first-order valence-electron chi connectivity index (χ1n) is 8.82. The van der Waals surface area contributed by atoms with Gasteiger partial charge in [-0.25, -0.2) is 0 Å². The van der Waals surface area contributed by atoms with Gasteiger partial charge in [-0.2, -0.15) is 10.2 Å². The number of carbonyl (C=O) groups excluding carboxylic acids is 1. The molecule has 6 nitrogen and oxygen atoms in total. The number of rotatable bonds is 6. The molecule has 2 aromatic heterocycles. The third kappa shape index (κ3) is 3.97. The average Bonchev–Trinajstić information content (AvgIpc) is 3.40. The summed E-state index contributed by atoms with van der Waals surface area (Å²) in [5.74, 6) is -0.187. The van der Waals surface area contributed by atoms with Crippen LogP contribution in [0.5, 0.6) is 0 Å². The van der Waals surface area contributed by atoms with E-state index < -0.39 is 0 Å². The van der Waals surface area contributed by atoms with Crippen molar-refractivity contribution in [3.05, 3.63) is 94.9 Å². The van der Waals surface area contributed by atoms with Gasteiger partial charge < -0.3 is 5.32 Å². The van der Waals surface area contributed by atoms with Gasteiger partial charge in [0.25, 0.3) is 5.91 Å². The summed E-state index contributed by atoms with van der Waals surface area (Å²) in [5, 5.41) is 14.8. The lowest BCUT2D eigenvalue weighted by molar-refractivity contribution is 0.0951. The molecule has 0 radical (unpaired) electrons. The molecule has 0 bridgehead atoms.